The van der Waals surface area contributed by atoms with E-state index >= 15 is 0 Å². The number of nitrogens with zero attached hydrogens (tertiary/aromatic N) is 1. The molecule has 0 spiro atoms. The number of ether oxygens (including phenoxy) is 1. The molecule has 140 valence electrons. The van der Waals surface area contributed by atoms with Crippen LogP contribution in [0, 0.1) is 11.8 Å². The van der Waals surface area contributed by atoms with E-state index in [1.54, 1.807) is 6.92 Å². The van der Waals surface area contributed by atoms with Gasteiger partial charge in [-0.1, -0.05) is 38.5 Å². The van der Waals surface area contributed by atoms with Crippen molar-refractivity contribution in [1.29, 1.82) is 0 Å². The van der Waals surface area contributed by atoms with Gasteiger partial charge in [0, 0.05) is 11.4 Å². The molecular formula is C18H28N2O3S2. The highest BCUT2D eigenvalue weighted by Crippen LogP contribution is 2.31. The average Bonchev–Trinajstić information content (AvgIpc) is 2.98. The normalized spacial score (nSPS) is 24.6. The number of amides is 1. The van der Waals surface area contributed by atoms with E-state index in [-0.39, 0.29) is 29.6 Å². The first-order valence-electron chi connectivity index (χ1n) is 8.97. The van der Waals surface area contributed by atoms with Crippen LogP contribution in [0.25, 0.3) is 0 Å². The molecule has 0 aromatic carbocycles. The van der Waals surface area contributed by atoms with E-state index in [2.05, 4.69) is 24.1 Å². The van der Waals surface area contributed by atoms with Crippen LogP contribution in [-0.2, 0) is 20.7 Å². The summed E-state index contributed by atoms with van der Waals surface area (Å²) < 4.78 is 5.74. The zero-order chi connectivity index (χ0) is 18.4. The first kappa shape index (κ1) is 20.2. The van der Waals surface area contributed by atoms with Gasteiger partial charge in [-0.2, -0.15) is 0 Å². The van der Waals surface area contributed by atoms with Crippen LogP contribution < -0.4 is 5.32 Å². The Morgan fingerprint density at radius 3 is 2.92 bits per heavy atom. The fourth-order valence-corrected chi connectivity index (χ4v) is 5.06. The Morgan fingerprint density at radius 2 is 2.20 bits per heavy atom. The molecule has 0 radical (unpaired) electrons. The maximum absolute atomic E-state index is 12.5. The Hall–Kier alpha value is -1.08. The summed E-state index contributed by atoms with van der Waals surface area (Å²) in [5.41, 5.74) is 0.702. The molecule has 5 nitrogen and oxygen atoms in total. The quantitative estimate of drug-likeness (QED) is 0.574. The number of aromatic nitrogens is 1. The van der Waals surface area contributed by atoms with Crippen molar-refractivity contribution in [3.8, 4) is 0 Å². The topological polar surface area (TPSA) is 68.3 Å². The lowest BCUT2D eigenvalue weighted by Gasteiger charge is -2.35. The molecule has 1 aliphatic rings. The molecule has 7 heteroatoms. The average molecular weight is 385 g/mol. The van der Waals surface area contributed by atoms with Crippen LogP contribution in [0.3, 0.4) is 0 Å². The minimum Gasteiger partial charge on any atom is -0.466 e. The fourth-order valence-electron chi connectivity index (χ4n) is 3.07. The number of rotatable bonds is 7. The van der Waals surface area contributed by atoms with Crippen LogP contribution in [0.2, 0.25) is 0 Å². The molecule has 2 rings (SSSR count). The summed E-state index contributed by atoms with van der Waals surface area (Å²) in [6.45, 7) is 8.56. The number of carbonyl (C=O) groups is 2. The zero-order valence-electron chi connectivity index (χ0n) is 15.4. The minimum absolute atomic E-state index is 0.0677. The van der Waals surface area contributed by atoms with Crippen molar-refractivity contribution in [2.24, 2.45) is 11.8 Å². The van der Waals surface area contributed by atoms with Gasteiger partial charge in [-0.15, -0.1) is 11.3 Å². The summed E-state index contributed by atoms with van der Waals surface area (Å²) in [6.07, 6.45) is 3.68. The lowest BCUT2D eigenvalue weighted by molar-refractivity contribution is -0.142. The number of esters is 1. The largest absolute Gasteiger partial charge is 0.466 e. The van der Waals surface area contributed by atoms with Gasteiger partial charge in [-0.05, 0) is 32.1 Å². The van der Waals surface area contributed by atoms with E-state index in [1.807, 2.05) is 12.3 Å². The molecule has 1 heterocycles. The Kier molecular flexibility index (Phi) is 7.75. The molecule has 1 amide bonds. The van der Waals surface area contributed by atoms with E-state index in [1.165, 1.54) is 35.9 Å². The van der Waals surface area contributed by atoms with Gasteiger partial charge >= 0.3 is 5.97 Å². The van der Waals surface area contributed by atoms with Gasteiger partial charge < -0.3 is 10.1 Å². The molecule has 0 unspecified atom stereocenters. The highest BCUT2D eigenvalue weighted by atomic mass is 32.2. The minimum atomic E-state index is -0.268. The SMILES string of the molecule is CCOC(=O)Cc1csc(S[C@H](C)C(=O)N[C@H]2CCC[C@H](C)[C@@H]2C)n1. The summed E-state index contributed by atoms with van der Waals surface area (Å²) in [5, 5.41) is 4.87. The van der Waals surface area contributed by atoms with Gasteiger partial charge in [-0.3, -0.25) is 9.59 Å². The standard InChI is InChI=1S/C18H28N2O3S2/c1-5-23-16(21)9-14-10-24-18(19-14)25-13(4)17(22)20-15-8-6-7-11(2)12(15)3/h10-13,15H,5-9H2,1-4H3,(H,20,22)/t11-,12-,13+,15-/m0/s1. The summed E-state index contributed by atoms with van der Waals surface area (Å²) in [7, 11) is 0. The highest BCUT2D eigenvalue weighted by Gasteiger charge is 2.29. The van der Waals surface area contributed by atoms with E-state index in [0.29, 0.717) is 24.1 Å². The van der Waals surface area contributed by atoms with Gasteiger partial charge in [0.05, 0.1) is 24.0 Å². The molecule has 1 fully saturated rings. The Labute approximate surface area is 158 Å². The fraction of sp³-hybridized carbons (Fsp3) is 0.722. The van der Waals surface area contributed by atoms with Gasteiger partial charge in [0.15, 0.2) is 4.34 Å². The van der Waals surface area contributed by atoms with Crippen molar-refractivity contribution in [3.63, 3.8) is 0 Å². The molecule has 4 atom stereocenters. The van der Waals surface area contributed by atoms with Crippen LogP contribution in [0.4, 0.5) is 0 Å². The molecule has 0 aliphatic heterocycles. The van der Waals surface area contributed by atoms with Gasteiger partial charge in [0.2, 0.25) is 5.91 Å². The molecular weight excluding hydrogens is 356 g/mol. The third-order valence-electron chi connectivity index (χ3n) is 4.84. The molecule has 0 saturated heterocycles. The second kappa shape index (κ2) is 9.57. The van der Waals surface area contributed by atoms with E-state index in [4.69, 9.17) is 4.74 Å². The molecule has 1 saturated carbocycles. The van der Waals surface area contributed by atoms with Crippen molar-refractivity contribution >= 4 is 35.0 Å². The second-order valence-corrected chi connectivity index (χ2v) is 9.18. The molecule has 1 N–H and O–H groups in total. The number of hydrogen-bond donors (Lipinski definition) is 1. The zero-order valence-corrected chi connectivity index (χ0v) is 17.0. The van der Waals surface area contributed by atoms with Crippen molar-refractivity contribution in [1.82, 2.24) is 10.3 Å². The third-order valence-corrected chi connectivity index (χ3v) is 6.96. The Morgan fingerprint density at radius 1 is 1.44 bits per heavy atom. The third kappa shape index (κ3) is 5.99. The number of nitrogens with one attached hydrogen (secondary N) is 1. The first-order chi connectivity index (χ1) is 11.9. The lowest BCUT2D eigenvalue weighted by atomic mass is 9.78. The number of hydrogen-bond acceptors (Lipinski definition) is 6. The Bertz CT molecular complexity index is 591. The van der Waals surface area contributed by atoms with Crippen molar-refractivity contribution < 1.29 is 14.3 Å². The van der Waals surface area contributed by atoms with Crippen molar-refractivity contribution in [3.05, 3.63) is 11.1 Å². The monoisotopic (exact) mass is 384 g/mol. The van der Waals surface area contributed by atoms with E-state index < -0.39 is 0 Å². The first-order valence-corrected chi connectivity index (χ1v) is 10.7. The summed E-state index contributed by atoms with van der Waals surface area (Å²) in [5.74, 6) is 0.978. The maximum Gasteiger partial charge on any atom is 0.311 e. The van der Waals surface area contributed by atoms with Gasteiger partial charge in [-0.25, -0.2) is 4.98 Å². The lowest BCUT2D eigenvalue weighted by Crippen LogP contribution is -2.46. The highest BCUT2D eigenvalue weighted by molar-refractivity contribution is 8.02. The van der Waals surface area contributed by atoms with Crippen molar-refractivity contribution in [2.75, 3.05) is 6.61 Å². The van der Waals surface area contributed by atoms with Crippen LogP contribution in [0.5, 0.6) is 0 Å². The van der Waals surface area contributed by atoms with Gasteiger partial charge in [0.25, 0.3) is 0 Å². The van der Waals surface area contributed by atoms with Crippen LogP contribution in [0.1, 0.15) is 52.7 Å². The predicted octanol–water partition coefficient (Wildman–Crippen LogP) is 3.67. The number of thiazole rings is 1. The summed E-state index contributed by atoms with van der Waals surface area (Å²) in [6, 6.07) is 0.273. The molecule has 1 aromatic heterocycles. The smallest absolute Gasteiger partial charge is 0.311 e. The van der Waals surface area contributed by atoms with Crippen LogP contribution in [0.15, 0.2) is 9.72 Å². The maximum atomic E-state index is 12.5. The van der Waals surface area contributed by atoms with Crippen LogP contribution in [-0.4, -0.2) is 34.8 Å². The Balaban J connectivity index is 1.84. The molecule has 1 aromatic rings. The van der Waals surface area contributed by atoms with Gasteiger partial charge in [0.1, 0.15) is 0 Å². The second-order valence-electron chi connectivity index (χ2n) is 6.73. The summed E-state index contributed by atoms with van der Waals surface area (Å²) in [4.78, 5) is 28.4. The number of thioether (sulfide) groups is 1. The molecule has 1 aliphatic carbocycles. The number of carbonyl (C=O) groups excluding carboxylic acids is 2. The molecule has 0 bridgehead atoms. The van der Waals surface area contributed by atoms with Crippen molar-refractivity contribution in [2.45, 2.75) is 69.0 Å². The molecule has 25 heavy (non-hydrogen) atoms. The van der Waals surface area contributed by atoms with E-state index in [0.717, 1.165) is 10.8 Å². The summed E-state index contributed by atoms with van der Waals surface area (Å²) >= 11 is 2.91. The van der Waals surface area contributed by atoms with Crippen LogP contribution >= 0.6 is 23.1 Å². The van der Waals surface area contributed by atoms with E-state index in [9.17, 15) is 9.59 Å². The predicted molar refractivity (Wildman–Crippen MR) is 102 cm³/mol.